The SMILES string of the molecule is CCSC1(SCC)N=C(N)C2(C#N)C(c3cc4c(cc3[N+](=O)[O-])OCO4)C12C#N. The number of hydrogen-bond acceptors (Lipinski definition) is 10. The van der Waals surface area contributed by atoms with E-state index < -0.39 is 25.9 Å². The molecule has 11 heteroatoms. The molecule has 3 unspecified atom stereocenters. The Hall–Kier alpha value is -2.63. The van der Waals surface area contributed by atoms with Gasteiger partial charge >= 0.3 is 0 Å². The van der Waals surface area contributed by atoms with Crippen LogP contribution in [-0.4, -0.2) is 33.3 Å². The summed E-state index contributed by atoms with van der Waals surface area (Å²) in [4.78, 5) is 15.9. The number of thioether (sulfide) groups is 2. The Labute approximate surface area is 175 Å². The van der Waals surface area contributed by atoms with Crippen molar-refractivity contribution < 1.29 is 14.4 Å². The second kappa shape index (κ2) is 6.44. The van der Waals surface area contributed by atoms with Gasteiger partial charge in [-0.2, -0.15) is 10.5 Å². The first-order chi connectivity index (χ1) is 13.9. The molecule has 2 heterocycles. The molecule has 9 nitrogen and oxygen atoms in total. The lowest BCUT2D eigenvalue weighted by Crippen LogP contribution is -2.31. The fourth-order valence-corrected chi connectivity index (χ4v) is 7.81. The quantitative estimate of drug-likeness (QED) is 0.407. The van der Waals surface area contributed by atoms with Crippen LogP contribution < -0.4 is 15.2 Å². The summed E-state index contributed by atoms with van der Waals surface area (Å²) >= 11 is 2.87. The lowest BCUT2D eigenvalue weighted by Gasteiger charge is -2.31. The van der Waals surface area contributed by atoms with Gasteiger partial charge in [0.25, 0.3) is 5.69 Å². The summed E-state index contributed by atoms with van der Waals surface area (Å²) in [7, 11) is 0. The standard InChI is InChI=1S/C18H17N5O4S2/c1-3-28-18(29-4-2)17(8-20)14(16(17,7-19)15(21)22-18)10-5-12-13(27-9-26-12)6-11(10)23(24)25/h5-6,14H,3-4,9H2,1-2H3,(H2,21,22). The van der Waals surface area contributed by atoms with Gasteiger partial charge in [-0.3, -0.25) is 10.1 Å². The lowest BCUT2D eigenvalue weighted by atomic mass is 9.97. The monoisotopic (exact) mass is 431 g/mol. The highest BCUT2D eigenvalue weighted by Crippen LogP contribution is 2.86. The Morgan fingerprint density at radius 2 is 1.90 bits per heavy atom. The Morgan fingerprint density at radius 3 is 2.41 bits per heavy atom. The number of amidine groups is 1. The minimum atomic E-state index is -1.43. The maximum absolute atomic E-state index is 11.8. The molecule has 1 aromatic rings. The van der Waals surface area contributed by atoms with Crippen molar-refractivity contribution in [2.45, 2.75) is 24.0 Å². The third-order valence-corrected chi connectivity index (χ3v) is 8.53. The van der Waals surface area contributed by atoms with Gasteiger partial charge in [-0.15, -0.1) is 23.5 Å². The number of fused-ring (bicyclic) bond motifs is 2. The molecule has 0 amide bonds. The Balaban J connectivity index is 1.98. The van der Waals surface area contributed by atoms with Crippen LogP contribution in [0.4, 0.5) is 5.69 Å². The smallest absolute Gasteiger partial charge is 0.276 e. The number of nitriles is 2. The van der Waals surface area contributed by atoms with Crippen molar-refractivity contribution in [2.24, 2.45) is 21.6 Å². The van der Waals surface area contributed by atoms with Crippen molar-refractivity contribution in [2.75, 3.05) is 18.3 Å². The van der Waals surface area contributed by atoms with Crippen molar-refractivity contribution in [3.8, 4) is 23.6 Å². The van der Waals surface area contributed by atoms with E-state index in [1.807, 2.05) is 13.8 Å². The Morgan fingerprint density at radius 1 is 1.28 bits per heavy atom. The molecule has 0 radical (unpaired) electrons. The summed E-state index contributed by atoms with van der Waals surface area (Å²) in [5.74, 6) is 1.16. The summed E-state index contributed by atoms with van der Waals surface area (Å²) in [6.45, 7) is 3.83. The average molecular weight is 431 g/mol. The minimum Gasteiger partial charge on any atom is -0.454 e. The zero-order valence-corrected chi connectivity index (χ0v) is 17.3. The molecule has 1 aliphatic carbocycles. The molecule has 2 aliphatic heterocycles. The van der Waals surface area contributed by atoms with E-state index in [1.54, 1.807) is 0 Å². The van der Waals surface area contributed by atoms with Crippen molar-refractivity contribution in [1.29, 1.82) is 10.5 Å². The van der Waals surface area contributed by atoms with Gasteiger partial charge in [-0.05, 0) is 17.6 Å². The molecule has 1 aromatic carbocycles. The van der Waals surface area contributed by atoms with Crippen molar-refractivity contribution >= 4 is 35.0 Å². The highest BCUT2D eigenvalue weighted by Gasteiger charge is 2.92. The third kappa shape index (κ3) is 2.15. The molecule has 29 heavy (non-hydrogen) atoms. The van der Waals surface area contributed by atoms with E-state index in [4.69, 9.17) is 15.2 Å². The number of benzene rings is 1. The van der Waals surface area contributed by atoms with Crippen molar-refractivity contribution in [3.05, 3.63) is 27.8 Å². The number of nitrogens with two attached hydrogens (primary N) is 1. The van der Waals surface area contributed by atoms with Crippen LogP contribution >= 0.6 is 23.5 Å². The van der Waals surface area contributed by atoms with Crippen LogP contribution in [0.3, 0.4) is 0 Å². The molecule has 0 saturated heterocycles. The van der Waals surface area contributed by atoms with E-state index in [-0.39, 0.29) is 29.6 Å². The van der Waals surface area contributed by atoms with E-state index in [2.05, 4.69) is 17.1 Å². The summed E-state index contributed by atoms with van der Waals surface area (Å²) in [5.41, 5.74) is 3.53. The van der Waals surface area contributed by atoms with Gasteiger partial charge in [0.1, 0.15) is 16.7 Å². The number of ether oxygens (including phenoxy) is 2. The highest BCUT2D eigenvalue weighted by molar-refractivity contribution is 8.18. The molecule has 0 aromatic heterocycles. The molecular weight excluding hydrogens is 414 g/mol. The first-order valence-electron chi connectivity index (χ1n) is 8.93. The Bertz CT molecular complexity index is 1030. The predicted octanol–water partition coefficient (Wildman–Crippen LogP) is 2.97. The first-order valence-corrected chi connectivity index (χ1v) is 10.9. The average Bonchev–Trinajstić information content (AvgIpc) is 2.94. The largest absolute Gasteiger partial charge is 0.454 e. The number of nitro benzene ring substituents is 1. The number of aliphatic imine (C=N–C) groups is 1. The van der Waals surface area contributed by atoms with Gasteiger partial charge < -0.3 is 15.2 Å². The molecule has 3 aliphatic rings. The molecule has 150 valence electrons. The molecule has 0 spiro atoms. The number of nitro groups is 1. The topological polar surface area (TPSA) is 148 Å². The van der Waals surface area contributed by atoms with E-state index in [1.165, 1.54) is 35.7 Å². The van der Waals surface area contributed by atoms with E-state index in [0.717, 1.165) is 0 Å². The molecule has 0 bridgehead atoms. The summed E-state index contributed by atoms with van der Waals surface area (Å²) in [6.07, 6.45) is 0. The van der Waals surface area contributed by atoms with Crippen LogP contribution in [0.15, 0.2) is 17.1 Å². The lowest BCUT2D eigenvalue weighted by molar-refractivity contribution is -0.385. The van der Waals surface area contributed by atoms with Gasteiger partial charge in [-0.25, -0.2) is 4.99 Å². The third-order valence-electron chi connectivity index (χ3n) is 5.64. The van der Waals surface area contributed by atoms with Gasteiger partial charge in [0, 0.05) is 11.5 Å². The van der Waals surface area contributed by atoms with Crippen LogP contribution in [0.5, 0.6) is 11.5 Å². The molecule has 1 fully saturated rings. The second-order valence-electron chi connectivity index (χ2n) is 6.74. The van der Waals surface area contributed by atoms with Gasteiger partial charge in [-0.1, -0.05) is 13.8 Å². The van der Waals surface area contributed by atoms with Gasteiger partial charge in [0.15, 0.2) is 15.7 Å². The van der Waals surface area contributed by atoms with Crippen LogP contribution in [0, 0.1) is 43.6 Å². The van der Waals surface area contributed by atoms with Crippen LogP contribution in [-0.2, 0) is 0 Å². The zero-order chi connectivity index (χ0) is 21.0. The van der Waals surface area contributed by atoms with Crippen LogP contribution in [0.2, 0.25) is 0 Å². The van der Waals surface area contributed by atoms with Crippen molar-refractivity contribution in [3.63, 3.8) is 0 Å². The summed E-state index contributed by atoms with van der Waals surface area (Å²) < 4.78 is 9.65. The normalized spacial score (nSPS) is 30.1. The fraction of sp³-hybridized carbons (Fsp3) is 0.500. The van der Waals surface area contributed by atoms with Crippen molar-refractivity contribution in [1.82, 2.24) is 0 Å². The number of rotatable bonds is 6. The predicted molar refractivity (Wildman–Crippen MR) is 109 cm³/mol. The summed E-state index contributed by atoms with van der Waals surface area (Å²) in [6, 6.07) is 7.33. The number of nitrogens with zero attached hydrogens (tertiary/aromatic N) is 4. The molecular formula is C18H17N5O4S2. The molecule has 2 N–H and O–H groups in total. The van der Waals surface area contributed by atoms with E-state index >= 15 is 0 Å². The molecule has 4 rings (SSSR count). The highest BCUT2D eigenvalue weighted by atomic mass is 32.2. The van der Waals surface area contributed by atoms with Gasteiger partial charge in [0.2, 0.25) is 6.79 Å². The first kappa shape index (κ1) is 19.7. The molecule has 3 atom stereocenters. The van der Waals surface area contributed by atoms with E-state index in [0.29, 0.717) is 17.3 Å². The maximum Gasteiger partial charge on any atom is 0.276 e. The Kier molecular flexibility index (Phi) is 4.37. The zero-order valence-electron chi connectivity index (χ0n) is 15.7. The molecule has 1 saturated carbocycles. The van der Waals surface area contributed by atoms with Crippen LogP contribution in [0.25, 0.3) is 0 Å². The van der Waals surface area contributed by atoms with Crippen LogP contribution in [0.1, 0.15) is 25.3 Å². The second-order valence-corrected chi connectivity index (χ2v) is 9.91. The fourth-order valence-electron chi connectivity index (χ4n) is 4.55. The van der Waals surface area contributed by atoms with E-state index in [9.17, 15) is 20.6 Å². The summed E-state index contributed by atoms with van der Waals surface area (Å²) in [5, 5.41) is 32.3. The van der Waals surface area contributed by atoms with Gasteiger partial charge in [0.05, 0.1) is 23.1 Å². The number of hydrogen-bond donors (Lipinski definition) is 1. The maximum atomic E-state index is 11.8. The minimum absolute atomic E-state index is 0.0434.